The molecule has 0 unspecified atom stereocenters. The van der Waals surface area contributed by atoms with E-state index in [0.29, 0.717) is 40.4 Å². The second-order valence-electron chi connectivity index (χ2n) is 7.02. The molecule has 0 radical (unpaired) electrons. The molecular formula is C20H24Cl2N2O3S2. The molecule has 0 bridgehead atoms. The zero-order chi connectivity index (χ0) is 21.0. The normalized spacial score (nSPS) is 15.4. The second-order valence-corrected chi connectivity index (χ2v) is 11.2. The third-order valence-corrected chi connectivity index (χ3v) is 9.15. The van der Waals surface area contributed by atoms with E-state index in [1.807, 2.05) is 13.0 Å². The van der Waals surface area contributed by atoms with Crippen LogP contribution in [0.5, 0.6) is 0 Å². The van der Waals surface area contributed by atoms with Gasteiger partial charge < -0.3 is 4.90 Å². The van der Waals surface area contributed by atoms with Crippen molar-refractivity contribution in [2.45, 2.75) is 43.4 Å². The molecule has 1 aromatic carbocycles. The first-order valence-electron chi connectivity index (χ1n) is 9.62. The van der Waals surface area contributed by atoms with E-state index in [0.717, 1.165) is 29.7 Å². The zero-order valence-electron chi connectivity index (χ0n) is 16.2. The zero-order valence-corrected chi connectivity index (χ0v) is 19.4. The maximum absolute atomic E-state index is 12.8. The minimum atomic E-state index is -3.46. The highest BCUT2D eigenvalue weighted by molar-refractivity contribution is 7.91. The van der Waals surface area contributed by atoms with Gasteiger partial charge in [-0.2, -0.15) is 4.31 Å². The van der Waals surface area contributed by atoms with Crippen LogP contribution >= 0.6 is 34.5 Å². The molecule has 29 heavy (non-hydrogen) atoms. The van der Waals surface area contributed by atoms with Crippen LogP contribution in [0.2, 0.25) is 10.0 Å². The van der Waals surface area contributed by atoms with Crippen LogP contribution in [0.4, 0.5) is 0 Å². The Morgan fingerprint density at radius 1 is 1.10 bits per heavy atom. The molecule has 0 aliphatic carbocycles. The second kappa shape index (κ2) is 9.79. The van der Waals surface area contributed by atoms with Crippen LogP contribution < -0.4 is 0 Å². The number of carbonyl (C=O) groups is 1. The molecule has 2 aromatic rings. The summed E-state index contributed by atoms with van der Waals surface area (Å²) in [7, 11) is -3.46. The number of sulfonamides is 1. The van der Waals surface area contributed by atoms with E-state index >= 15 is 0 Å². The van der Waals surface area contributed by atoms with Gasteiger partial charge in [0.15, 0.2) is 0 Å². The van der Waals surface area contributed by atoms with Crippen LogP contribution in [-0.2, 0) is 27.8 Å². The van der Waals surface area contributed by atoms with Gasteiger partial charge in [-0.25, -0.2) is 8.42 Å². The lowest BCUT2D eigenvalue weighted by Gasteiger charge is -2.25. The Morgan fingerprint density at radius 3 is 2.48 bits per heavy atom. The predicted molar refractivity (Wildman–Crippen MR) is 118 cm³/mol. The monoisotopic (exact) mass is 474 g/mol. The van der Waals surface area contributed by atoms with E-state index in [1.165, 1.54) is 11.3 Å². The molecule has 0 spiro atoms. The molecule has 0 atom stereocenters. The summed E-state index contributed by atoms with van der Waals surface area (Å²) in [6.07, 6.45) is 3.05. The molecule has 9 heteroatoms. The van der Waals surface area contributed by atoms with Crippen molar-refractivity contribution in [3.8, 4) is 0 Å². The van der Waals surface area contributed by atoms with Gasteiger partial charge in [0.25, 0.3) is 10.0 Å². The quantitative estimate of drug-likeness (QED) is 0.577. The van der Waals surface area contributed by atoms with Gasteiger partial charge in [0, 0.05) is 31.1 Å². The lowest BCUT2D eigenvalue weighted by molar-refractivity contribution is -0.130. The van der Waals surface area contributed by atoms with E-state index in [2.05, 4.69) is 0 Å². The van der Waals surface area contributed by atoms with Gasteiger partial charge in [0.05, 0.1) is 16.5 Å². The van der Waals surface area contributed by atoms with Gasteiger partial charge in [0.2, 0.25) is 5.91 Å². The van der Waals surface area contributed by atoms with Gasteiger partial charge in [-0.3, -0.25) is 4.79 Å². The van der Waals surface area contributed by atoms with Crippen LogP contribution in [0.3, 0.4) is 0 Å². The molecule has 1 fully saturated rings. The van der Waals surface area contributed by atoms with Crippen molar-refractivity contribution in [3.05, 3.63) is 50.8 Å². The van der Waals surface area contributed by atoms with Crippen molar-refractivity contribution < 1.29 is 13.2 Å². The van der Waals surface area contributed by atoms with E-state index in [1.54, 1.807) is 33.5 Å². The standard InChI is InChI=1S/C20H24Cl2N2O3S2/c1-2-23(14-15-6-8-17(21)18(22)12-15)19(25)13-16-7-9-20(28-16)29(26,27)24-10-4-3-5-11-24/h6-9,12H,2-5,10-11,13-14H2,1H3. The van der Waals surface area contributed by atoms with Gasteiger partial charge >= 0.3 is 0 Å². The number of amides is 1. The maximum atomic E-state index is 12.8. The number of rotatable bonds is 7. The first-order valence-corrected chi connectivity index (χ1v) is 12.6. The summed E-state index contributed by atoms with van der Waals surface area (Å²) >= 11 is 13.2. The Balaban J connectivity index is 1.67. The molecular weight excluding hydrogens is 451 g/mol. The summed E-state index contributed by atoms with van der Waals surface area (Å²) in [4.78, 5) is 15.2. The summed E-state index contributed by atoms with van der Waals surface area (Å²) in [6, 6.07) is 8.68. The van der Waals surface area contributed by atoms with Crippen LogP contribution in [-0.4, -0.2) is 43.2 Å². The summed E-state index contributed by atoms with van der Waals surface area (Å²) in [6.45, 7) is 4.03. The van der Waals surface area contributed by atoms with Crippen molar-refractivity contribution in [3.63, 3.8) is 0 Å². The van der Waals surface area contributed by atoms with Crippen molar-refractivity contribution in [2.24, 2.45) is 0 Å². The maximum Gasteiger partial charge on any atom is 0.252 e. The lowest BCUT2D eigenvalue weighted by atomic mass is 10.2. The fourth-order valence-electron chi connectivity index (χ4n) is 3.32. The van der Waals surface area contributed by atoms with E-state index in [9.17, 15) is 13.2 Å². The van der Waals surface area contributed by atoms with Crippen LogP contribution in [0.15, 0.2) is 34.5 Å². The van der Waals surface area contributed by atoms with Crippen molar-refractivity contribution >= 4 is 50.5 Å². The first-order chi connectivity index (χ1) is 13.8. The molecule has 2 heterocycles. The molecule has 1 aliphatic heterocycles. The smallest absolute Gasteiger partial charge is 0.252 e. The molecule has 1 aromatic heterocycles. The lowest BCUT2D eigenvalue weighted by Crippen LogP contribution is -2.35. The number of hydrogen-bond donors (Lipinski definition) is 0. The van der Waals surface area contributed by atoms with E-state index in [-0.39, 0.29) is 12.3 Å². The summed E-state index contributed by atoms with van der Waals surface area (Å²) in [5.41, 5.74) is 0.897. The van der Waals surface area contributed by atoms with Crippen molar-refractivity contribution in [2.75, 3.05) is 19.6 Å². The largest absolute Gasteiger partial charge is 0.338 e. The van der Waals surface area contributed by atoms with Gasteiger partial charge in [0.1, 0.15) is 4.21 Å². The van der Waals surface area contributed by atoms with Crippen LogP contribution in [0.1, 0.15) is 36.6 Å². The highest BCUT2D eigenvalue weighted by Crippen LogP contribution is 2.28. The Bertz CT molecular complexity index is 970. The number of likely N-dealkylation sites (N-methyl/N-ethyl adjacent to an activating group) is 1. The number of hydrogen-bond acceptors (Lipinski definition) is 4. The molecule has 0 saturated carbocycles. The topological polar surface area (TPSA) is 57.7 Å². The van der Waals surface area contributed by atoms with Gasteiger partial charge in [-0.1, -0.05) is 35.7 Å². The van der Waals surface area contributed by atoms with Gasteiger partial charge in [-0.15, -0.1) is 11.3 Å². The molecule has 5 nitrogen and oxygen atoms in total. The average molecular weight is 475 g/mol. The Hall–Kier alpha value is -1.12. The van der Waals surface area contributed by atoms with Crippen molar-refractivity contribution in [1.82, 2.24) is 9.21 Å². The Morgan fingerprint density at radius 2 is 1.83 bits per heavy atom. The first kappa shape index (κ1) is 22.6. The minimum absolute atomic E-state index is 0.0534. The summed E-state index contributed by atoms with van der Waals surface area (Å²) < 4.78 is 27.5. The Kier molecular flexibility index (Phi) is 7.62. The third kappa shape index (κ3) is 5.52. The number of carbonyl (C=O) groups excluding carboxylic acids is 1. The molecule has 3 rings (SSSR count). The highest BCUT2D eigenvalue weighted by Gasteiger charge is 2.27. The fourth-order valence-corrected chi connectivity index (χ4v) is 6.66. The number of piperidine rings is 1. The average Bonchev–Trinajstić information content (AvgIpc) is 3.18. The number of thiophene rings is 1. The number of benzene rings is 1. The summed E-state index contributed by atoms with van der Waals surface area (Å²) in [5, 5.41) is 0.935. The van der Waals surface area contributed by atoms with Gasteiger partial charge in [-0.05, 0) is 49.6 Å². The van der Waals surface area contributed by atoms with E-state index in [4.69, 9.17) is 23.2 Å². The number of halogens is 2. The molecule has 1 aliphatic rings. The SMILES string of the molecule is CCN(Cc1ccc(Cl)c(Cl)c1)C(=O)Cc1ccc(S(=O)(=O)N2CCCCC2)s1. The van der Waals surface area contributed by atoms with E-state index < -0.39 is 10.0 Å². The molecule has 1 saturated heterocycles. The molecule has 1 amide bonds. The van der Waals surface area contributed by atoms with Crippen LogP contribution in [0, 0.1) is 0 Å². The van der Waals surface area contributed by atoms with Crippen molar-refractivity contribution in [1.29, 1.82) is 0 Å². The molecule has 158 valence electrons. The predicted octanol–water partition coefficient (Wildman–Crippen LogP) is 4.82. The highest BCUT2D eigenvalue weighted by atomic mass is 35.5. The third-order valence-electron chi connectivity index (χ3n) is 4.96. The Labute approximate surface area is 186 Å². The summed E-state index contributed by atoms with van der Waals surface area (Å²) in [5.74, 6) is -0.0534. The fraction of sp³-hybridized carbons (Fsp3) is 0.450. The minimum Gasteiger partial charge on any atom is -0.338 e. The number of nitrogens with zero attached hydrogens (tertiary/aromatic N) is 2. The molecule has 0 N–H and O–H groups in total. The van der Waals surface area contributed by atoms with Crippen LogP contribution in [0.25, 0.3) is 0 Å².